The Kier molecular flexibility index (Phi) is 5.91. The molecule has 0 bridgehead atoms. The standard InChI is InChI=1S/C23H23N5O3S/c1-4-18-5-11-21(12-6-18)32(29,30)27-19-7-9-20(10-8-19)31-23-14-13-22(25-26-23)28-15-24-16(2)17(28)3/h5-15,27H,4H2,1-3H3. The SMILES string of the molecule is CCc1ccc(S(=O)(=O)Nc2ccc(Oc3ccc(-n4cnc(C)c4C)nn3)cc2)cc1. The van der Waals surface area contributed by atoms with Gasteiger partial charge in [0.2, 0.25) is 5.88 Å². The lowest BCUT2D eigenvalue weighted by atomic mass is 10.2. The van der Waals surface area contributed by atoms with Crippen molar-refractivity contribution >= 4 is 15.7 Å². The number of ether oxygens (including phenoxy) is 1. The maximum Gasteiger partial charge on any atom is 0.261 e. The molecule has 8 nitrogen and oxygen atoms in total. The number of imidazole rings is 1. The Bertz CT molecular complexity index is 1310. The van der Waals surface area contributed by atoms with Crippen LogP contribution in [-0.2, 0) is 16.4 Å². The molecule has 0 aliphatic carbocycles. The molecule has 0 atom stereocenters. The molecule has 0 fully saturated rings. The Morgan fingerprint density at radius 3 is 2.22 bits per heavy atom. The molecule has 0 spiro atoms. The van der Waals surface area contributed by atoms with Crippen molar-refractivity contribution in [2.75, 3.05) is 4.72 Å². The van der Waals surface area contributed by atoms with Gasteiger partial charge in [-0.1, -0.05) is 19.1 Å². The van der Waals surface area contributed by atoms with Crippen molar-refractivity contribution in [1.82, 2.24) is 19.7 Å². The van der Waals surface area contributed by atoms with Gasteiger partial charge in [0.1, 0.15) is 12.1 Å². The van der Waals surface area contributed by atoms with E-state index in [1.165, 1.54) is 0 Å². The van der Waals surface area contributed by atoms with Crippen LogP contribution >= 0.6 is 0 Å². The molecule has 164 valence electrons. The molecule has 2 aromatic carbocycles. The van der Waals surface area contributed by atoms with Crippen LogP contribution in [0.2, 0.25) is 0 Å². The monoisotopic (exact) mass is 449 g/mol. The summed E-state index contributed by atoms with van der Waals surface area (Å²) in [6, 6.07) is 16.9. The number of aryl methyl sites for hydroxylation is 2. The van der Waals surface area contributed by atoms with E-state index in [4.69, 9.17) is 4.74 Å². The van der Waals surface area contributed by atoms with E-state index in [0.29, 0.717) is 23.1 Å². The van der Waals surface area contributed by atoms with Crippen molar-refractivity contribution in [3.8, 4) is 17.4 Å². The number of sulfonamides is 1. The molecule has 4 rings (SSSR count). The normalized spacial score (nSPS) is 11.3. The summed E-state index contributed by atoms with van der Waals surface area (Å²) in [5, 5.41) is 8.29. The number of rotatable bonds is 7. The maximum atomic E-state index is 12.6. The molecule has 0 saturated carbocycles. The number of nitrogens with zero attached hydrogens (tertiary/aromatic N) is 4. The third kappa shape index (κ3) is 4.62. The molecule has 0 aliphatic rings. The van der Waals surface area contributed by atoms with Gasteiger partial charge in [-0.25, -0.2) is 13.4 Å². The van der Waals surface area contributed by atoms with E-state index in [1.807, 2.05) is 37.5 Å². The predicted octanol–water partition coefficient (Wildman–Crippen LogP) is 4.43. The number of anilines is 1. The summed E-state index contributed by atoms with van der Waals surface area (Å²) < 4.78 is 35.3. The zero-order valence-corrected chi connectivity index (χ0v) is 18.8. The van der Waals surface area contributed by atoms with Gasteiger partial charge < -0.3 is 4.74 Å². The van der Waals surface area contributed by atoms with Gasteiger partial charge in [-0.15, -0.1) is 10.2 Å². The van der Waals surface area contributed by atoms with E-state index in [0.717, 1.165) is 23.4 Å². The molecule has 0 unspecified atom stereocenters. The molecule has 4 aromatic rings. The summed E-state index contributed by atoms with van der Waals surface area (Å²) in [5.41, 5.74) is 3.44. The zero-order valence-electron chi connectivity index (χ0n) is 18.0. The minimum atomic E-state index is -3.66. The van der Waals surface area contributed by atoms with Crippen molar-refractivity contribution < 1.29 is 13.2 Å². The highest BCUT2D eigenvalue weighted by Crippen LogP contribution is 2.23. The van der Waals surface area contributed by atoms with Crippen LogP contribution in [0.5, 0.6) is 11.6 Å². The van der Waals surface area contributed by atoms with Gasteiger partial charge in [0.15, 0.2) is 5.82 Å². The fraction of sp³-hybridized carbons (Fsp3) is 0.174. The van der Waals surface area contributed by atoms with E-state index in [2.05, 4.69) is 19.9 Å². The molecule has 0 amide bonds. The van der Waals surface area contributed by atoms with Crippen LogP contribution in [0.15, 0.2) is 71.9 Å². The molecule has 32 heavy (non-hydrogen) atoms. The van der Waals surface area contributed by atoms with E-state index in [9.17, 15) is 8.42 Å². The highest BCUT2D eigenvalue weighted by Gasteiger charge is 2.14. The van der Waals surface area contributed by atoms with Gasteiger partial charge in [0.05, 0.1) is 10.6 Å². The first-order valence-electron chi connectivity index (χ1n) is 10.1. The minimum Gasteiger partial charge on any atom is -0.438 e. The van der Waals surface area contributed by atoms with Crippen LogP contribution in [0.1, 0.15) is 23.9 Å². The van der Waals surface area contributed by atoms with E-state index >= 15 is 0 Å². The number of aromatic nitrogens is 4. The Morgan fingerprint density at radius 1 is 0.938 bits per heavy atom. The second-order valence-electron chi connectivity index (χ2n) is 7.24. The number of hydrogen-bond acceptors (Lipinski definition) is 6. The molecule has 0 radical (unpaired) electrons. The number of hydrogen-bond donors (Lipinski definition) is 1. The quantitative estimate of drug-likeness (QED) is 0.448. The Hall–Kier alpha value is -3.72. The van der Waals surface area contributed by atoms with Crippen LogP contribution in [0.25, 0.3) is 5.82 Å². The highest BCUT2D eigenvalue weighted by molar-refractivity contribution is 7.92. The molecular formula is C23H23N5O3S. The molecule has 2 aromatic heterocycles. The summed E-state index contributed by atoms with van der Waals surface area (Å²) in [7, 11) is -3.66. The molecule has 9 heteroatoms. The fourth-order valence-corrected chi connectivity index (χ4v) is 4.11. The summed E-state index contributed by atoms with van der Waals surface area (Å²) in [5.74, 6) is 1.48. The first-order chi connectivity index (χ1) is 15.4. The largest absolute Gasteiger partial charge is 0.438 e. The van der Waals surface area contributed by atoms with Crippen molar-refractivity contribution in [1.29, 1.82) is 0 Å². The van der Waals surface area contributed by atoms with Crippen LogP contribution in [-0.4, -0.2) is 28.2 Å². The second-order valence-corrected chi connectivity index (χ2v) is 8.93. The van der Waals surface area contributed by atoms with Crippen molar-refractivity contribution in [3.05, 3.63) is 83.9 Å². The number of benzene rings is 2. The lowest BCUT2D eigenvalue weighted by Gasteiger charge is -2.10. The van der Waals surface area contributed by atoms with Crippen LogP contribution in [0, 0.1) is 13.8 Å². The maximum absolute atomic E-state index is 12.6. The minimum absolute atomic E-state index is 0.216. The van der Waals surface area contributed by atoms with Gasteiger partial charge in [-0.3, -0.25) is 9.29 Å². The van der Waals surface area contributed by atoms with E-state index < -0.39 is 10.0 Å². The second kappa shape index (κ2) is 8.80. The average Bonchev–Trinajstić information content (AvgIpc) is 3.14. The third-order valence-electron chi connectivity index (χ3n) is 5.10. The first kappa shape index (κ1) is 21.5. The summed E-state index contributed by atoms with van der Waals surface area (Å²) in [6.45, 7) is 5.92. The first-order valence-corrected chi connectivity index (χ1v) is 11.6. The summed E-state index contributed by atoms with van der Waals surface area (Å²) >= 11 is 0. The molecule has 0 aliphatic heterocycles. The van der Waals surface area contributed by atoms with Gasteiger partial charge in [0, 0.05) is 17.4 Å². The molecule has 2 heterocycles. The van der Waals surface area contributed by atoms with Crippen LogP contribution in [0.4, 0.5) is 5.69 Å². The Labute approximate surface area is 187 Å². The Morgan fingerprint density at radius 2 is 1.66 bits per heavy atom. The van der Waals surface area contributed by atoms with Gasteiger partial charge >= 0.3 is 0 Å². The highest BCUT2D eigenvalue weighted by atomic mass is 32.2. The van der Waals surface area contributed by atoms with Gasteiger partial charge in [-0.2, -0.15) is 0 Å². The summed E-state index contributed by atoms with van der Waals surface area (Å²) in [6.07, 6.45) is 2.55. The predicted molar refractivity (Wildman–Crippen MR) is 122 cm³/mol. The zero-order chi connectivity index (χ0) is 22.7. The van der Waals surface area contributed by atoms with Crippen molar-refractivity contribution in [3.63, 3.8) is 0 Å². The molecular weight excluding hydrogens is 426 g/mol. The third-order valence-corrected chi connectivity index (χ3v) is 6.49. The lowest BCUT2D eigenvalue weighted by molar-refractivity contribution is 0.454. The molecule has 0 saturated heterocycles. The lowest BCUT2D eigenvalue weighted by Crippen LogP contribution is -2.12. The van der Waals surface area contributed by atoms with Crippen molar-refractivity contribution in [2.45, 2.75) is 32.1 Å². The smallest absolute Gasteiger partial charge is 0.261 e. The van der Waals surface area contributed by atoms with Crippen LogP contribution < -0.4 is 9.46 Å². The molecule has 1 N–H and O–H groups in total. The number of nitrogens with one attached hydrogen (secondary N) is 1. The topological polar surface area (TPSA) is 99.0 Å². The summed E-state index contributed by atoms with van der Waals surface area (Å²) in [4.78, 5) is 4.47. The van der Waals surface area contributed by atoms with Crippen LogP contribution in [0.3, 0.4) is 0 Å². The van der Waals surface area contributed by atoms with Crippen molar-refractivity contribution in [2.24, 2.45) is 0 Å². The Balaban J connectivity index is 1.43. The van der Waals surface area contributed by atoms with Gasteiger partial charge in [-0.05, 0) is 68.3 Å². The average molecular weight is 450 g/mol. The fourth-order valence-electron chi connectivity index (χ4n) is 3.06. The van der Waals surface area contributed by atoms with E-state index in [1.54, 1.807) is 54.9 Å². The van der Waals surface area contributed by atoms with Gasteiger partial charge in [0.25, 0.3) is 10.0 Å². The van der Waals surface area contributed by atoms with E-state index in [-0.39, 0.29) is 4.90 Å².